The SMILES string of the molecule is O=[N+]([O-])c1ccc(N2CCNCC2)c2nonc12. The third-order valence-electron chi connectivity index (χ3n) is 3.03. The van der Waals surface area contributed by atoms with E-state index in [1.807, 2.05) is 0 Å². The highest BCUT2D eigenvalue weighted by Gasteiger charge is 2.22. The van der Waals surface area contributed by atoms with Crippen LogP contribution in [0.4, 0.5) is 11.4 Å². The standard InChI is InChI=1S/C10H11N5O3/c16-15(17)8-2-1-7(9-10(8)13-18-12-9)14-5-3-11-4-6-14/h1-2,11H,3-6H2. The van der Waals surface area contributed by atoms with Gasteiger partial charge in [0.15, 0.2) is 5.52 Å². The first-order chi connectivity index (χ1) is 8.77. The molecule has 0 atom stereocenters. The van der Waals surface area contributed by atoms with E-state index in [4.69, 9.17) is 0 Å². The van der Waals surface area contributed by atoms with Crippen LogP contribution in [0.1, 0.15) is 0 Å². The predicted molar refractivity (Wildman–Crippen MR) is 63.5 cm³/mol. The Morgan fingerprint density at radius 3 is 2.72 bits per heavy atom. The number of nitro benzene ring substituents is 1. The van der Waals surface area contributed by atoms with Gasteiger partial charge in [0.25, 0.3) is 0 Å². The van der Waals surface area contributed by atoms with E-state index in [1.165, 1.54) is 6.07 Å². The summed E-state index contributed by atoms with van der Waals surface area (Å²) in [7, 11) is 0. The number of aromatic nitrogens is 2. The molecule has 1 N–H and O–H groups in total. The molecule has 0 bridgehead atoms. The number of rotatable bonds is 2. The van der Waals surface area contributed by atoms with E-state index >= 15 is 0 Å². The minimum Gasteiger partial charge on any atom is -0.367 e. The van der Waals surface area contributed by atoms with Gasteiger partial charge in [-0.3, -0.25) is 10.1 Å². The number of hydrogen-bond acceptors (Lipinski definition) is 7. The van der Waals surface area contributed by atoms with Gasteiger partial charge in [-0.05, 0) is 16.4 Å². The third-order valence-corrected chi connectivity index (χ3v) is 3.03. The quantitative estimate of drug-likeness (QED) is 0.612. The van der Waals surface area contributed by atoms with Crippen molar-refractivity contribution in [2.24, 2.45) is 0 Å². The minimum absolute atomic E-state index is 0.0786. The van der Waals surface area contributed by atoms with Gasteiger partial charge in [-0.1, -0.05) is 0 Å². The van der Waals surface area contributed by atoms with E-state index in [-0.39, 0.29) is 11.2 Å². The topological polar surface area (TPSA) is 97.3 Å². The zero-order valence-electron chi connectivity index (χ0n) is 9.50. The van der Waals surface area contributed by atoms with Gasteiger partial charge in [-0.25, -0.2) is 4.63 Å². The van der Waals surface area contributed by atoms with Gasteiger partial charge < -0.3 is 10.2 Å². The molecule has 0 spiro atoms. The molecular formula is C10H11N5O3. The molecular weight excluding hydrogens is 238 g/mol. The monoisotopic (exact) mass is 249 g/mol. The fourth-order valence-electron chi connectivity index (χ4n) is 2.15. The van der Waals surface area contributed by atoms with Gasteiger partial charge in [-0.2, -0.15) is 0 Å². The maximum Gasteiger partial charge on any atom is 0.300 e. The lowest BCUT2D eigenvalue weighted by atomic mass is 10.2. The van der Waals surface area contributed by atoms with E-state index in [2.05, 4.69) is 25.2 Å². The molecule has 94 valence electrons. The summed E-state index contributed by atoms with van der Waals surface area (Å²) in [5, 5.41) is 21.5. The fraction of sp³-hybridized carbons (Fsp3) is 0.400. The van der Waals surface area contributed by atoms with E-state index in [1.54, 1.807) is 6.07 Å². The van der Waals surface area contributed by atoms with E-state index < -0.39 is 4.92 Å². The Morgan fingerprint density at radius 1 is 1.28 bits per heavy atom. The average Bonchev–Trinajstić information content (AvgIpc) is 2.87. The highest BCUT2D eigenvalue weighted by Crippen LogP contribution is 2.31. The summed E-state index contributed by atoms with van der Waals surface area (Å²) in [5.41, 5.74) is 1.41. The third kappa shape index (κ3) is 1.66. The second kappa shape index (κ2) is 4.22. The predicted octanol–water partition coefficient (Wildman–Crippen LogP) is 0.541. The maximum absolute atomic E-state index is 10.9. The Morgan fingerprint density at radius 2 is 2.00 bits per heavy atom. The van der Waals surface area contributed by atoms with Gasteiger partial charge in [-0.15, -0.1) is 0 Å². The summed E-state index contributed by atoms with van der Waals surface area (Å²) in [4.78, 5) is 12.5. The molecule has 1 fully saturated rings. The second-order valence-corrected chi connectivity index (χ2v) is 4.06. The molecule has 0 saturated carbocycles. The summed E-state index contributed by atoms with van der Waals surface area (Å²) in [5.74, 6) is 0. The lowest BCUT2D eigenvalue weighted by Gasteiger charge is -2.29. The van der Waals surface area contributed by atoms with Crippen LogP contribution < -0.4 is 10.2 Å². The zero-order valence-corrected chi connectivity index (χ0v) is 9.50. The van der Waals surface area contributed by atoms with Crippen molar-refractivity contribution < 1.29 is 9.55 Å². The summed E-state index contributed by atoms with van der Waals surface area (Å²) in [6.45, 7) is 3.42. The molecule has 1 aromatic carbocycles. The van der Waals surface area contributed by atoms with Crippen molar-refractivity contribution in [3.8, 4) is 0 Å². The van der Waals surface area contributed by atoms with Gasteiger partial charge in [0.2, 0.25) is 5.52 Å². The zero-order chi connectivity index (χ0) is 12.5. The van der Waals surface area contributed by atoms with Gasteiger partial charge in [0, 0.05) is 32.2 Å². The molecule has 8 heteroatoms. The van der Waals surface area contributed by atoms with Gasteiger partial charge in [0.05, 0.1) is 10.6 Å². The van der Waals surface area contributed by atoms with Crippen molar-refractivity contribution >= 4 is 22.4 Å². The largest absolute Gasteiger partial charge is 0.367 e. The highest BCUT2D eigenvalue weighted by atomic mass is 16.6. The number of benzene rings is 1. The van der Waals surface area contributed by atoms with Crippen LogP contribution in [-0.2, 0) is 0 Å². The molecule has 2 aromatic rings. The molecule has 18 heavy (non-hydrogen) atoms. The van der Waals surface area contributed by atoms with Crippen LogP contribution in [0.25, 0.3) is 11.0 Å². The van der Waals surface area contributed by atoms with Crippen LogP contribution in [0.5, 0.6) is 0 Å². The molecule has 0 aliphatic carbocycles. The summed E-state index contributed by atoms with van der Waals surface area (Å²) >= 11 is 0. The van der Waals surface area contributed by atoms with Crippen LogP contribution in [0.3, 0.4) is 0 Å². The Balaban J connectivity index is 2.10. The highest BCUT2D eigenvalue weighted by molar-refractivity contribution is 5.93. The lowest BCUT2D eigenvalue weighted by Crippen LogP contribution is -2.43. The molecule has 0 unspecified atom stereocenters. The summed E-state index contributed by atoms with van der Waals surface area (Å²) < 4.78 is 4.64. The fourth-order valence-corrected chi connectivity index (χ4v) is 2.15. The van der Waals surface area contributed by atoms with Crippen LogP contribution in [0, 0.1) is 10.1 Å². The molecule has 2 heterocycles. The first kappa shape index (κ1) is 10.9. The molecule has 1 aromatic heterocycles. The number of piperazine rings is 1. The number of non-ortho nitro benzene ring substituents is 1. The Bertz CT molecular complexity index is 590. The second-order valence-electron chi connectivity index (χ2n) is 4.06. The van der Waals surface area contributed by atoms with Crippen molar-refractivity contribution in [2.45, 2.75) is 0 Å². The van der Waals surface area contributed by atoms with Crippen molar-refractivity contribution in [3.05, 3.63) is 22.2 Å². The molecule has 0 amide bonds. The average molecular weight is 249 g/mol. The van der Waals surface area contributed by atoms with E-state index in [0.29, 0.717) is 5.52 Å². The van der Waals surface area contributed by atoms with Crippen molar-refractivity contribution in [3.63, 3.8) is 0 Å². The van der Waals surface area contributed by atoms with Gasteiger partial charge in [0.1, 0.15) is 0 Å². The number of anilines is 1. The maximum atomic E-state index is 10.9. The molecule has 1 aliphatic rings. The molecule has 0 radical (unpaired) electrons. The number of fused-ring (bicyclic) bond motifs is 1. The Kier molecular flexibility index (Phi) is 2.56. The van der Waals surface area contributed by atoms with Crippen LogP contribution >= 0.6 is 0 Å². The van der Waals surface area contributed by atoms with Crippen LogP contribution in [0.15, 0.2) is 16.8 Å². The molecule has 8 nitrogen and oxygen atoms in total. The van der Waals surface area contributed by atoms with Crippen molar-refractivity contribution in [2.75, 3.05) is 31.1 Å². The van der Waals surface area contributed by atoms with Gasteiger partial charge >= 0.3 is 5.69 Å². The van der Waals surface area contributed by atoms with Crippen molar-refractivity contribution in [1.82, 2.24) is 15.6 Å². The smallest absolute Gasteiger partial charge is 0.300 e. The molecule has 1 saturated heterocycles. The van der Waals surface area contributed by atoms with Crippen molar-refractivity contribution in [1.29, 1.82) is 0 Å². The first-order valence-electron chi connectivity index (χ1n) is 5.62. The van der Waals surface area contributed by atoms with Crippen LogP contribution in [-0.4, -0.2) is 41.4 Å². The van der Waals surface area contributed by atoms with E-state index in [9.17, 15) is 10.1 Å². The first-order valence-corrected chi connectivity index (χ1v) is 5.62. The molecule has 1 aliphatic heterocycles. The summed E-state index contributed by atoms with van der Waals surface area (Å²) in [6.07, 6.45) is 0. The lowest BCUT2D eigenvalue weighted by molar-refractivity contribution is -0.383. The van der Waals surface area contributed by atoms with E-state index in [0.717, 1.165) is 31.9 Å². The number of hydrogen-bond donors (Lipinski definition) is 1. The normalized spacial score (nSPS) is 16.1. The van der Waals surface area contributed by atoms with Crippen LogP contribution in [0.2, 0.25) is 0 Å². The number of nitrogens with zero attached hydrogens (tertiary/aromatic N) is 4. The summed E-state index contributed by atoms with van der Waals surface area (Å²) in [6, 6.07) is 3.15. The number of nitro groups is 1. The minimum atomic E-state index is -0.478. The Labute approximate surface area is 102 Å². The number of nitrogens with one attached hydrogen (secondary N) is 1. The molecule has 3 rings (SSSR count). The Hall–Kier alpha value is -2.22.